The number of hydrogen-bond acceptors (Lipinski definition) is 5. The molecule has 0 saturated carbocycles. The molecular weight excluding hydrogens is 560 g/mol. The number of aromatic nitrogens is 2. The highest BCUT2D eigenvalue weighted by molar-refractivity contribution is 9.10. The Bertz CT molecular complexity index is 1820. The minimum atomic E-state index is -0.162. The number of fused-ring (bicyclic) bond motifs is 4. The highest BCUT2D eigenvalue weighted by Gasteiger charge is 2.41. The maximum absolute atomic E-state index is 5.32. The van der Waals surface area contributed by atoms with Crippen LogP contribution in [0.4, 0.5) is 22.9 Å². The van der Waals surface area contributed by atoms with Crippen molar-refractivity contribution in [3.8, 4) is 5.69 Å². The lowest BCUT2D eigenvalue weighted by Crippen LogP contribution is -2.46. The Morgan fingerprint density at radius 1 is 0.775 bits per heavy atom. The van der Waals surface area contributed by atoms with Crippen LogP contribution in [-0.4, -0.2) is 21.5 Å². The van der Waals surface area contributed by atoms with Crippen LogP contribution in [0, 0.1) is 20.8 Å². The minimum absolute atomic E-state index is 0.162. The second kappa shape index (κ2) is 9.61. The molecule has 2 aliphatic rings. The standard InChI is InChI=1S/C33H27BrN6/c1-20-16-21(2)18-25(17-20)35-31-33-37-32-29(22(3)38-40(32)26-12-5-4-6-13-26)30(23-10-9-11-24(34)19-23)39(33)28-15-8-7-14-27(28)36-31/h4-19,30H,1-3H3,(H,35,36). The van der Waals surface area contributed by atoms with Crippen molar-refractivity contribution < 1.29 is 0 Å². The molecule has 0 amide bonds. The smallest absolute Gasteiger partial charge is 0.179 e. The molecule has 0 spiro atoms. The van der Waals surface area contributed by atoms with Gasteiger partial charge < -0.3 is 10.2 Å². The molecule has 5 aromatic rings. The molecule has 1 atom stereocenters. The third-order valence-electron chi connectivity index (χ3n) is 7.29. The molecule has 0 fully saturated rings. The van der Waals surface area contributed by atoms with Crippen molar-refractivity contribution in [2.75, 3.05) is 10.2 Å². The lowest BCUT2D eigenvalue weighted by molar-refractivity contribution is 0.815. The number of rotatable bonds is 3. The van der Waals surface area contributed by atoms with Crippen LogP contribution in [0.25, 0.3) is 5.69 Å². The molecule has 0 aliphatic carbocycles. The number of para-hydroxylation sites is 3. The van der Waals surface area contributed by atoms with E-state index in [1.807, 2.05) is 28.9 Å². The van der Waals surface area contributed by atoms with Crippen molar-refractivity contribution >= 4 is 50.5 Å². The van der Waals surface area contributed by atoms with E-state index in [1.54, 1.807) is 0 Å². The third kappa shape index (κ3) is 4.14. The second-order valence-electron chi connectivity index (χ2n) is 10.3. The largest absolute Gasteiger partial charge is 0.337 e. The van der Waals surface area contributed by atoms with Crippen LogP contribution in [0.3, 0.4) is 0 Å². The topological polar surface area (TPSA) is 57.8 Å². The first-order valence-electron chi connectivity index (χ1n) is 13.3. The number of aliphatic imine (C=N–C) groups is 2. The minimum Gasteiger partial charge on any atom is -0.337 e. The van der Waals surface area contributed by atoms with Gasteiger partial charge in [-0.25, -0.2) is 14.7 Å². The number of benzene rings is 4. The lowest BCUT2D eigenvalue weighted by atomic mass is 9.93. The summed E-state index contributed by atoms with van der Waals surface area (Å²) >= 11 is 3.71. The van der Waals surface area contributed by atoms with E-state index in [0.29, 0.717) is 5.84 Å². The maximum atomic E-state index is 5.32. The van der Waals surface area contributed by atoms with Gasteiger partial charge in [0.1, 0.15) is 0 Å². The summed E-state index contributed by atoms with van der Waals surface area (Å²) in [5, 5.41) is 8.64. The molecule has 6 nitrogen and oxygen atoms in total. The normalized spacial score (nSPS) is 15.5. The van der Waals surface area contributed by atoms with Gasteiger partial charge in [-0.1, -0.05) is 64.5 Å². The van der Waals surface area contributed by atoms with Gasteiger partial charge in [0, 0.05) is 15.7 Å². The summed E-state index contributed by atoms with van der Waals surface area (Å²) < 4.78 is 2.98. The molecule has 7 rings (SSSR count). The molecule has 3 heterocycles. The summed E-state index contributed by atoms with van der Waals surface area (Å²) in [6.45, 7) is 6.29. The highest BCUT2D eigenvalue weighted by Crippen LogP contribution is 2.48. The number of nitrogens with zero attached hydrogens (tertiary/aromatic N) is 5. The molecule has 2 aliphatic heterocycles. The fraction of sp³-hybridized carbons (Fsp3) is 0.121. The lowest BCUT2D eigenvalue weighted by Gasteiger charge is -2.40. The molecule has 0 bridgehead atoms. The van der Waals surface area contributed by atoms with E-state index >= 15 is 0 Å². The van der Waals surface area contributed by atoms with Crippen molar-refractivity contribution in [2.45, 2.75) is 26.8 Å². The van der Waals surface area contributed by atoms with Crippen molar-refractivity contribution in [1.29, 1.82) is 0 Å². The van der Waals surface area contributed by atoms with Crippen molar-refractivity contribution in [3.63, 3.8) is 0 Å². The molecule has 40 heavy (non-hydrogen) atoms. The Morgan fingerprint density at radius 3 is 2.30 bits per heavy atom. The van der Waals surface area contributed by atoms with Gasteiger partial charge in [-0.05, 0) is 86.0 Å². The van der Waals surface area contributed by atoms with E-state index in [2.05, 4.69) is 120 Å². The fourth-order valence-electron chi connectivity index (χ4n) is 5.72. The average Bonchev–Trinajstić information content (AvgIpc) is 3.28. The quantitative estimate of drug-likeness (QED) is 0.231. The number of nitrogens with one attached hydrogen (secondary N) is 1. The van der Waals surface area contributed by atoms with Crippen molar-refractivity contribution in [3.05, 3.63) is 129 Å². The summed E-state index contributed by atoms with van der Waals surface area (Å²) in [5.41, 5.74) is 9.39. The van der Waals surface area contributed by atoms with Crippen LogP contribution in [0.1, 0.15) is 34.0 Å². The van der Waals surface area contributed by atoms with Crippen LogP contribution in [0.2, 0.25) is 0 Å². The molecule has 196 valence electrons. The number of amidine groups is 2. The molecule has 1 aromatic heterocycles. The van der Waals surface area contributed by atoms with Gasteiger partial charge in [-0.15, -0.1) is 0 Å². The van der Waals surface area contributed by atoms with Crippen LogP contribution in [0.15, 0.2) is 112 Å². The summed E-state index contributed by atoms with van der Waals surface area (Å²) in [5.74, 6) is 2.27. The molecule has 1 N–H and O–H groups in total. The molecular formula is C33H27BrN6. The van der Waals surface area contributed by atoms with Gasteiger partial charge in [-0.3, -0.25) is 0 Å². The highest BCUT2D eigenvalue weighted by atomic mass is 79.9. The van der Waals surface area contributed by atoms with Gasteiger partial charge in [-0.2, -0.15) is 5.10 Å². The zero-order valence-electron chi connectivity index (χ0n) is 22.4. The summed E-state index contributed by atoms with van der Waals surface area (Å²) in [7, 11) is 0. The number of halogens is 1. The Morgan fingerprint density at radius 2 is 1.52 bits per heavy atom. The molecule has 1 unspecified atom stereocenters. The van der Waals surface area contributed by atoms with Crippen LogP contribution in [0.5, 0.6) is 0 Å². The zero-order valence-corrected chi connectivity index (χ0v) is 24.0. The van der Waals surface area contributed by atoms with Gasteiger partial charge in [0.05, 0.1) is 28.8 Å². The Kier molecular flexibility index (Phi) is 5.90. The summed E-state index contributed by atoms with van der Waals surface area (Å²) in [4.78, 5) is 12.7. The Hall–Kier alpha value is -4.49. The van der Waals surface area contributed by atoms with Gasteiger partial charge in [0.2, 0.25) is 0 Å². The van der Waals surface area contributed by atoms with Gasteiger partial charge in [0.25, 0.3) is 0 Å². The first-order chi connectivity index (χ1) is 19.5. The average molecular weight is 588 g/mol. The van der Waals surface area contributed by atoms with Crippen LogP contribution < -0.4 is 10.2 Å². The molecule has 7 heteroatoms. The first-order valence-corrected chi connectivity index (χ1v) is 14.1. The molecule has 4 aromatic carbocycles. The van der Waals surface area contributed by atoms with Gasteiger partial charge >= 0.3 is 0 Å². The monoisotopic (exact) mass is 586 g/mol. The predicted octanol–water partition coefficient (Wildman–Crippen LogP) is 8.36. The number of aryl methyl sites for hydroxylation is 3. The number of hydrogen-bond donors (Lipinski definition) is 1. The summed E-state index contributed by atoms with van der Waals surface area (Å²) in [6, 6.07) is 33.2. The Balaban J connectivity index is 1.50. The van der Waals surface area contributed by atoms with E-state index in [1.165, 1.54) is 11.1 Å². The zero-order chi connectivity index (χ0) is 27.4. The summed E-state index contributed by atoms with van der Waals surface area (Å²) in [6.07, 6.45) is 0. The third-order valence-corrected chi connectivity index (χ3v) is 7.78. The van der Waals surface area contributed by atoms with Crippen molar-refractivity contribution in [2.24, 2.45) is 9.98 Å². The van der Waals surface area contributed by atoms with Crippen LogP contribution >= 0.6 is 15.9 Å². The predicted molar refractivity (Wildman–Crippen MR) is 167 cm³/mol. The fourth-order valence-corrected chi connectivity index (χ4v) is 6.14. The van der Waals surface area contributed by atoms with E-state index in [0.717, 1.165) is 55.7 Å². The maximum Gasteiger partial charge on any atom is 0.179 e. The first kappa shape index (κ1) is 24.5. The van der Waals surface area contributed by atoms with E-state index in [-0.39, 0.29) is 6.04 Å². The molecule has 0 saturated heterocycles. The van der Waals surface area contributed by atoms with E-state index in [4.69, 9.17) is 15.1 Å². The van der Waals surface area contributed by atoms with Crippen molar-refractivity contribution in [1.82, 2.24) is 9.78 Å². The van der Waals surface area contributed by atoms with E-state index in [9.17, 15) is 0 Å². The second-order valence-corrected chi connectivity index (χ2v) is 11.2. The number of anilines is 2. The SMILES string of the molecule is Cc1cc(C)cc(NC2=Nc3ccccc3N3C2=Nc2c(c(C)nn2-c2ccccc2)C3c2cccc(Br)c2)c1. The van der Waals surface area contributed by atoms with Crippen LogP contribution in [-0.2, 0) is 0 Å². The molecule has 0 radical (unpaired) electrons. The Labute approximate surface area is 241 Å². The van der Waals surface area contributed by atoms with E-state index < -0.39 is 0 Å². The van der Waals surface area contributed by atoms with Gasteiger partial charge in [0.15, 0.2) is 17.5 Å².